The fourth-order valence-electron chi connectivity index (χ4n) is 3.65. The zero-order chi connectivity index (χ0) is 26.7. The Morgan fingerprint density at radius 1 is 1.05 bits per heavy atom. The lowest BCUT2D eigenvalue weighted by molar-refractivity contribution is -0.384. The van der Waals surface area contributed by atoms with Gasteiger partial charge in [0.2, 0.25) is 0 Å². The van der Waals surface area contributed by atoms with Crippen molar-refractivity contribution in [3.8, 4) is 11.5 Å². The summed E-state index contributed by atoms with van der Waals surface area (Å²) in [4.78, 5) is 49.6. The number of hydrogen-bond acceptors (Lipinski definition) is 7. The molecule has 0 spiro atoms. The second kappa shape index (κ2) is 10.6. The molecule has 1 fully saturated rings. The van der Waals surface area contributed by atoms with Gasteiger partial charge in [-0.1, -0.05) is 34.1 Å². The van der Waals surface area contributed by atoms with Crippen LogP contribution in [-0.4, -0.2) is 29.9 Å². The predicted molar refractivity (Wildman–Crippen MR) is 138 cm³/mol. The highest BCUT2D eigenvalue weighted by Crippen LogP contribution is 2.36. The third-order valence-electron chi connectivity index (χ3n) is 5.58. The molecule has 0 unspecified atom stereocenters. The monoisotopic (exact) mass is 565 g/mol. The molecule has 1 heterocycles. The summed E-state index contributed by atoms with van der Waals surface area (Å²) < 4.78 is 11.8. The van der Waals surface area contributed by atoms with E-state index in [0.29, 0.717) is 38.3 Å². The third kappa shape index (κ3) is 5.36. The predicted octanol–water partition coefficient (Wildman–Crippen LogP) is 4.92. The Morgan fingerprint density at radius 3 is 2.41 bits per heavy atom. The Kier molecular flexibility index (Phi) is 7.35. The molecule has 3 aromatic rings. The molecule has 3 aromatic carbocycles. The number of anilines is 1. The molecule has 0 bridgehead atoms. The fraction of sp³-hybridized carbons (Fsp3) is 0.115. The maximum absolute atomic E-state index is 13.2. The first-order valence-electron chi connectivity index (χ1n) is 10.9. The molecule has 1 aliphatic heterocycles. The number of aryl methyl sites for hydroxylation is 1. The number of ether oxygens (including phenoxy) is 2. The molecule has 0 aliphatic carbocycles. The number of para-hydroxylation sites is 1. The molecule has 1 saturated heterocycles. The molecule has 11 heteroatoms. The summed E-state index contributed by atoms with van der Waals surface area (Å²) in [5, 5.41) is 13.0. The number of methoxy groups -OCH3 is 1. The summed E-state index contributed by atoms with van der Waals surface area (Å²) >= 11 is 3.43. The van der Waals surface area contributed by atoms with Crippen molar-refractivity contribution in [2.75, 3.05) is 12.0 Å². The van der Waals surface area contributed by atoms with Crippen LogP contribution in [0.4, 0.5) is 16.2 Å². The van der Waals surface area contributed by atoms with Gasteiger partial charge in [0.25, 0.3) is 17.5 Å². The van der Waals surface area contributed by atoms with E-state index < -0.39 is 22.8 Å². The summed E-state index contributed by atoms with van der Waals surface area (Å²) in [6, 6.07) is 15.2. The molecule has 1 aliphatic rings. The smallest absolute Gasteiger partial charge is 0.335 e. The fourth-order valence-corrected chi connectivity index (χ4v) is 4.09. The molecule has 0 radical (unpaired) electrons. The largest absolute Gasteiger partial charge is 0.493 e. The number of nitrogens with one attached hydrogen (secondary N) is 1. The summed E-state index contributed by atoms with van der Waals surface area (Å²) in [7, 11) is 1.44. The van der Waals surface area contributed by atoms with Gasteiger partial charge in [0.1, 0.15) is 12.2 Å². The summed E-state index contributed by atoms with van der Waals surface area (Å²) in [5.41, 5.74) is 1.96. The van der Waals surface area contributed by atoms with Crippen LogP contribution >= 0.6 is 15.9 Å². The lowest BCUT2D eigenvalue weighted by Gasteiger charge is -2.27. The minimum absolute atomic E-state index is 0.0227. The van der Waals surface area contributed by atoms with Gasteiger partial charge in [-0.15, -0.1) is 0 Å². The minimum Gasteiger partial charge on any atom is -0.493 e. The van der Waals surface area contributed by atoms with Crippen LogP contribution in [0.15, 0.2) is 70.7 Å². The average Bonchev–Trinajstić information content (AvgIpc) is 2.87. The van der Waals surface area contributed by atoms with Crippen LogP contribution in [0.2, 0.25) is 0 Å². The number of non-ortho nitro benzene ring substituents is 1. The van der Waals surface area contributed by atoms with Gasteiger partial charge in [-0.25, -0.2) is 9.69 Å². The van der Waals surface area contributed by atoms with Gasteiger partial charge in [0, 0.05) is 16.6 Å². The Labute approximate surface area is 219 Å². The zero-order valence-electron chi connectivity index (χ0n) is 19.7. The maximum Gasteiger partial charge on any atom is 0.335 e. The van der Waals surface area contributed by atoms with Crippen molar-refractivity contribution in [1.29, 1.82) is 0 Å². The van der Waals surface area contributed by atoms with E-state index in [4.69, 9.17) is 9.47 Å². The number of barbiturate groups is 1. The second-order valence-electron chi connectivity index (χ2n) is 7.98. The molecule has 188 valence electrons. The van der Waals surface area contributed by atoms with Gasteiger partial charge in [0.05, 0.1) is 17.7 Å². The van der Waals surface area contributed by atoms with Crippen LogP contribution < -0.4 is 19.7 Å². The molecular weight excluding hydrogens is 546 g/mol. The number of amides is 4. The highest BCUT2D eigenvalue weighted by Gasteiger charge is 2.37. The second-order valence-corrected chi connectivity index (χ2v) is 8.84. The Bertz CT molecular complexity index is 1450. The van der Waals surface area contributed by atoms with E-state index in [-0.39, 0.29) is 17.9 Å². The molecule has 37 heavy (non-hydrogen) atoms. The Hall–Kier alpha value is -4.51. The van der Waals surface area contributed by atoms with Crippen molar-refractivity contribution in [3.63, 3.8) is 0 Å². The quantitative estimate of drug-likeness (QED) is 0.186. The number of benzene rings is 3. The molecule has 0 saturated carbocycles. The lowest BCUT2D eigenvalue weighted by Crippen LogP contribution is -2.54. The molecular formula is C26H20BrN3O7. The van der Waals surface area contributed by atoms with Crippen molar-refractivity contribution in [2.45, 2.75) is 13.5 Å². The number of halogens is 1. The molecule has 4 amide bonds. The number of urea groups is 1. The molecule has 4 rings (SSSR count). The van der Waals surface area contributed by atoms with Gasteiger partial charge in [0.15, 0.2) is 11.5 Å². The van der Waals surface area contributed by atoms with E-state index in [9.17, 15) is 24.5 Å². The zero-order valence-corrected chi connectivity index (χ0v) is 21.3. The van der Waals surface area contributed by atoms with E-state index in [2.05, 4.69) is 21.2 Å². The van der Waals surface area contributed by atoms with Gasteiger partial charge in [-0.2, -0.15) is 0 Å². The van der Waals surface area contributed by atoms with E-state index >= 15 is 0 Å². The van der Waals surface area contributed by atoms with Crippen LogP contribution in [0.25, 0.3) is 6.08 Å². The van der Waals surface area contributed by atoms with Crippen LogP contribution in [0.3, 0.4) is 0 Å². The Morgan fingerprint density at radius 2 is 1.76 bits per heavy atom. The lowest BCUT2D eigenvalue weighted by atomic mass is 10.1. The number of imide groups is 2. The summed E-state index contributed by atoms with van der Waals surface area (Å²) in [6.07, 6.45) is 1.36. The summed E-state index contributed by atoms with van der Waals surface area (Å²) in [6.45, 7) is 1.88. The molecule has 10 nitrogen and oxygen atoms in total. The van der Waals surface area contributed by atoms with E-state index in [0.717, 1.165) is 4.90 Å². The normalized spacial score (nSPS) is 14.5. The van der Waals surface area contributed by atoms with E-state index in [1.807, 2.05) is 0 Å². The number of nitrogens with zero attached hydrogens (tertiary/aromatic N) is 2. The maximum atomic E-state index is 13.2. The SMILES string of the molecule is COc1cc(/C=C2\C(=O)NC(=O)N(c3ccccc3C)C2=O)c(Br)cc1OCc1ccc([N+](=O)[O-])cc1. The Balaban J connectivity index is 1.62. The van der Waals surface area contributed by atoms with E-state index in [1.165, 1.54) is 25.3 Å². The van der Waals surface area contributed by atoms with Crippen molar-refractivity contribution in [1.82, 2.24) is 5.32 Å². The van der Waals surface area contributed by atoms with Crippen LogP contribution in [0.5, 0.6) is 11.5 Å². The summed E-state index contributed by atoms with van der Waals surface area (Å²) in [5.74, 6) is -0.880. The molecule has 1 N–H and O–H groups in total. The van der Waals surface area contributed by atoms with Gasteiger partial charge in [-0.05, 0) is 60.0 Å². The first kappa shape index (κ1) is 25.6. The van der Waals surface area contributed by atoms with Crippen molar-refractivity contribution < 1.29 is 28.8 Å². The van der Waals surface area contributed by atoms with Crippen molar-refractivity contribution >= 4 is 51.2 Å². The highest BCUT2D eigenvalue weighted by atomic mass is 79.9. The first-order chi connectivity index (χ1) is 17.7. The van der Waals surface area contributed by atoms with Gasteiger partial charge in [-0.3, -0.25) is 25.0 Å². The number of nitro benzene ring substituents is 1. The van der Waals surface area contributed by atoms with E-state index in [1.54, 1.807) is 55.5 Å². The van der Waals surface area contributed by atoms with Crippen molar-refractivity contribution in [3.05, 3.63) is 97.5 Å². The van der Waals surface area contributed by atoms with Crippen LogP contribution in [0.1, 0.15) is 16.7 Å². The third-order valence-corrected chi connectivity index (χ3v) is 6.27. The average molecular weight is 566 g/mol. The highest BCUT2D eigenvalue weighted by molar-refractivity contribution is 9.10. The van der Waals surface area contributed by atoms with Crippen LogP contribution in [-0.2, 0) is 16.2 Å². The molecule has 0 aromatic heterocycles. The van der Waals surface area contributed by atoms with Crippen molar-refractivity contribution in [2.24, 2.45) is 0 Å². The number of rotatable bonds is 7. The topological polar surface area (TPSA) is 128 Å². The van der Waals surface area contributed by atoms with Gasteiger partial charge >= 0.3 is 6.03 Å². The molecule has 0 atom stereocenters. The van der Waals surface area contributed by atoms with Gasteiger partial charge < -0.3 is 9.47 Å². The number of hydrogen-bond donors (Lipinski definition) is 1. The number of nitro groups is 1. The standard InChI is InChI=1S/C26H20BrN3O7/c1-15-5-3-4-6-21(15)29-25(32)19(24(31)28-26(29)33)11-17-12-22(36-2)23(13-20(17)27)37-14-16-7-9-18(10-8-16)30(34)35/h3-13H,14H2,1-2H3,(H,28,31,33)/b19-11+. The number of carbonyl (C=O) groups excluding carboxylic acids is 3. The minimum atomic E-state index is -0.826. The number of carbonyl (C=O) groups is 3. The first-order valence-corrected chi connectivity index (χ1v) is 11.7. The van der Waals surface area contributed by atoms with Crippen LogP contribution in [0, 0.1) is 17.0 Å².